The maximum atomic E-state index is 13.2. The Morgan fingerprint density at radius 3 is 2.35 bits per heavy atom. The van der Waals surface area contributed by atoms with Gasteiger partial charge in [0.25, 0.3) is 0 Å². The number of halogens is 3. The third-order valence-corrected chi connectivity index (χ3v) is 3.23. The highest BCUT2D eigenvalue weighted by molar-refractivity contribution is 6.32. The fourth-order valence-electron chi connectivity index (χ4n) is 1.91. The summed E-state index contributed by atoms with van der Waals surface area (Å²) in [4.78, 5) is 0. The second-order valence-corrected chi connectivity index (χ2v) is 4.83. The summed E-state index contributed by atoms with van der Waals surface area (Å²) in [5.41, 5.74) is 1.28. The average molecular weight is 298 g/mol. The number of methoxy groups -OCH3 is 1. The van der Waals surface area contributed by atoms with Crippen LogP contribution in [0.5, 0.6) is 5.75 Å². The molecule has 0 radical (unpaired) electrons. The van der Waals surface area contributed by atoms with Crippen molar-refractivity contribution >= 4 is 17.3 Å². The summed E-state index contributed by atoms with van der Waals surface area (Å²) >= 11 is 5.94. The van der Waals surface area contributed by atoms with Gasteiger partial charge in [-0.05, 0) is 36.8 Å². The van der Waals surface area contributed by atoms with Crippen molar-refractivity contribution in [3.05, 3.63) is 58.6 Å². The van der Waals surface area contributed by atoms with Crippen LogP contribution in [0, 0.1) is 11.6 Å². The molecular formula is C15H14ClF2NO. The highest BCUT2D eigenvalue weighted by atomic mass is 35.5. The Morgan fingerprint density at radius 1 is 1.10 bits per heavy atom. The van der Waals surface area contributed by atoms with Crippen LogP contribution in [0.3, 0.4) is 0 Å². The van der Waals surface area contributed by atoms with Gasteiger partial charge in [-0.25, -0.2) is 8.78 Å². The summed E-state index contributed by atoms with van der Waals surface area (Å²) in [5.74, 6) is -0.654. The minimum atomic E-state index is -0.595. The molecule has 20 heavy (non-hydrogen) atoms. The summed E-state index contributed by atoms with van der Waals surface area (Å²) in [6.45, 7) is 1.81. The van der Waals surface area contributed by atoms with Crippen LogP contribution in [-0.4, -0.2) is 7.11 Å². The van der Waals surface area contributed by atoms with Crippen molar-refractivity contribution in [2.45, 2.75) is 13.0 Å². The molecule has 0 aromatic heterocycles. The molecule has 2 nitrogen and oxygen atoms in total. The number of rotatable bonds is 4. The van der Waals surface area contributed by atoms with Gasteiger partial charge in [-0.1, -0.05) is 11.6 Å². The van der Waals surface area contributed by atoms with Gasteiger partial charge in [0.05, 0.1) is 12.1 Å². The Hall–Kier alpha value is -1.81. The molecule has 1 N–H and O–H groups in total. The molecule has 1 unspecified atom stereocenters. The van der Waals surface area contributed by atoms with E-state index in [1.165, 1.54) is 19.2 Å². The highest BCUT2D eigenvalue weighted by Crippen LogP contribution is 2.29. The molecule has 0 amide bonds. The maximum absolute atomic E-state index is 13.2. The number of nitrogens with one attached hydrogen (secondary N) is 1. The van der Waals surface area contributed by atoms with Gasteiger partial charge < -0.3 is 10.1 Å². The van der Waals surface area contributed by atoms with Gasteiger partial charge in [0, 0.05) is 23.9 Å². The zero-order valence-corrected chi connectivity index (χ0v) is 11.8. The van der Waals surface area contributed by atoms with E-state index >= 15 is 0 Å². The molecule has 0 fully saturated rings. The van der Waals surface area contributed by atoms with E-state index in [1.54, 1.807) is 18.2 Å². The van der Waals surface area contributed by atoms with E-state index in [0.29, 0.717) is 16.3 Å². The molecule has 5 heteroatoms. The lowest BCUT2D eigenvalue weighted by Gasteiger charge is -2.17. The number of anilines is 1. The maximum Gasteiger partial charge on any atom is 0.139 e. The van der Waals surface area contributed by atoms with Gasteiger partial charge in [0.2, 0.25) is 0 Å². The fraction of sp³-hybridized carbons (Fsp3) is 0.200. The fourth-order valence-corrected chi connectivity index (χ4v) is 2.10. The molecule has 0 bridgehead atoms. The number of hydrogen-bond acceptors (Lipinski definition) is 2. The van der Waals surface area contributed by atoms with Crippen LogP contribution < -0.4 is 10.1 Å². The molecule has 0 aliphatic rings. The number of hydrogen-bond donors (Lipinski definition) is 1. The van der Waals surface area contributed by atoms with Crippen LogP contribution in [-0.2, 0) is 0 Å². The van der Waals surface area contributed by atoms with Crippen LogP contribution >= 0.6 is 11.6 Å². The summed E-state index contributed by atoms with van der Waals surface area (Å²) in [7, 11) is 1.52. The minimum Gasteiger partial charge on any atom is -0.495 e. The molecule has 2 rings (SSSR count). The van der Waals surface area contributed by atoms with E-state index < -0.39 is 11.6 Å². The Balaban J connectivity index is 2.20. The van der Waals surface area contributed by atoms with E-state index in [-0.39, 0.29) is 6.04 Å². The van der Waals surface area contributed by atoms with E-state index in [4.69, 9.17) is 16.3 Å². The van der Waals surface area contributed by atoms with Crippen LogP contribution in [0.15, 0.2) is 36.4 Å². The first-order valence-electron chi connectivity index (χ1n) is 6.05. The molecule has 0 heterocycles. The lowest BCUT2D eigenvalue weighted by molar-refractivity contribution is 0.415. The van der Waals surface area contributed by atoms with Crippen molar-refractivity contribution in [1.29, 1.82) is 0 Å². The lowest BCUT2D eigenvalue weighted by Crippen LogP contribution is -2.07. The SMILES string of the molecule is COc1cc(NC(C)c2cc(F)cc(F)c2)ccc1Cl. The first-order chi connectivity index (χ1) is 9.49. The minimum absolute atomic E-state index is 0.258. The topological polar surface area (TPSA) is 21.3 Å². The standard InChI is InChI=1S/C15H14ClF2NO/c1-9(10-5-11(17)7-12(18)6-10)19-13-3-4-14(16)15(8-13)20-2/h3-9,19H,1-2H3. The molecule has 0 aliphatic carbocycles. The van der Waals surface area contributed by atoms with Crippen LogP contribution in [0.4, 0.5) is 14.5 Å². The first-order valence-corrected chi connectivity index (χ1v) is 6.43. The summed E-state index contributed by atoms with van der Waals surface area (Å²) in [6.07, 6.45) is 0. The lowest BCUT2D eigenvalue weighted by atomic mass is 10.1. The monoisotopic (exact) mass is 297 g/mol. The number of benzene rings is 2. The van der Waals surface area contributed by atoms with Gasteiger partial charge in [-0.2, -0.15) is 0 Å². The third-order valence-electron chi connectivity index (χ3n) is 2.92. The van der Waals surface area contributed by atoms with Crippen molar-refractivity contribution in [2.75, 3.05) is 12.4 Å². The Morgan fingerprint density at radius 2 is 1.75 bits per heavy atom. The van der Waals surface area contributed by atoms with Gasteiger partial charge in [-0.15, -0.1) is 0 Å². The number of ether oxygens (including phenoxy) is 1. The van der Waals surface area contributed by atoms with E-state index in [9.17, 15) is 8.78 Å². The molecule has 0 spiro atoms. The van der Waals surface area contributed by atoms with Gasteiger partial charge in [0.15, 0.2) is 0 Å². The van der Waals surface area contributed by atoms with Crippen LogP contribution in [0.25, 0.3) is 0 Å². The molecule has 106 valence electrons. The zero-order valence-electron chi connectivity index (χ0n) is 11.1. The van der Waals surface area contributed by atoms with Crippen molar-refractivity contribution in [1.82, 2.24) is 0 Å². The van der Waals surface area contributed by atoms with Crippen molar-refractivity contribution in [3.8, 4) is 5.75 Å². The second kappa shape index (κ2) is 6.09. The molecule has 1 atom stereocenters. The van der Waals surface area contributed by atoms with Crippen LogP contribution in [0.1, 0.15) is 18.5 Å². The summed E-state index contributed by atoms with van der Waals surface area (Å²) in [5, 5.41) is 3.64. The molecular weight excluding hydrogens is 284 g/mol. The van der Waals surface area contributed by atoms with Crippen molar-refractivity contribution < 1.29 is 13.5 Å². The van der Waals surface area contributed by atoms with Crippen molar-refractivity contribution in [3.63, 3.8) is 0 Å². The molecule has 0 aliphatic heterocycles. The predicted molar refractivity (Wildman–Crippen MR) is 76.4 cm³/mol. The molecule has 0 saturated heterocycles. The second-order valence-electron chi connectivity index (χ2n) is 4.42. The van der Waals surface area contributed by atoms with E-state index in [0.717, 1.165) is 11.8 Å². The Labute approximate surface area is 121 Å². The van der Waals surface area contributed by atoms with E-state index in [2.05, 4.69) is 5.32 Å². The highest BCUT2D eigenvalue weighted by Gasteiger charge is 2.10. The first kappa shape index (κ1) is 14.6. The van der Waals surface area contributed by atoms with Gasteiger partial charge in [-0.3, -0.25) is 0 Å². The van der Waals surface area contributed by atoms with Gasteiger partial charge >= 0.3 is 0 Å². The normalized spacial score (nSPS) is 12.1. The molecule has 2 aromatic carbocycles. The third kappa shape index (κ3) is 3.39. The largest absolute Gasteiger partial charge is 0.495 e. The molecule has 0 saturated carbocycles. The van der Waals surface area contributed by atoms with E-state index in [1.807, 2.05) is 6.92 Å². The molecule has 2 aromatic rings. The van der Waals surface area contributed by atoms with Crippen molar-refractivity contribution in [2.24, 2.45) is 0 Å². The summed E-state index contributed by atoms with van der Waals surface area (Å²) in [6, 6.07) is 8.39. The quantitative estimate of drug-likeness (QED) is 0.875. The summed E-state index contributed by atoms with van der Waals surface area (Å²) < 4.78 is 31.5. The van der Waals surface area contributed by atoms with Gasteiger partial charge in [0.1, 0.15) is 17.4 Å². The Kier molecular flexibility index (Phi) is 4.45. The zero-order chi connectivity index (χ0) is 14.7. The smallest absolute Gasteiger partial charge is 0.139 e. The van der Waals surface area contributed by atoms with Crippen LogP contribution in [0.2, 0.25) is 5.02 Å². The Bertz CT molecular complexity index is 599. The predicted octanol–water partition coefficient (Wildman–Crippen LogP) is 4.80. The average Bonchev–Trinajstić information content (AvgIpc) is 2.39.